The van der Waals surface area contributed by atoms with Crippen molar-refractivity contribution in [2.45, 2.75) is 38.8 Å². The van der Waals surface area contributed by atoms with E-state index in [1.165, 1.54) is 12.8 Å². The van der Waals surface area contributed by atoms with Gasteiger partial charge in [0.25, 0.3) is 0 Å². The molecule has 0 unspecified atom stereocenters. The molecule has 5 heteroatoms. The zero-order valence-corrected chi connectivity index (χ0v) is 15.5. The molecule has 0 aliphatic carbocycles. The van der Waals surface area contributed by atoms with Gasteiger partial charge in [-0.15, -0.1) is 0 Å². The second-order valence-corrected chi connectivity index (χ2v) is 7.00. The second-order valence-electron chi connectivity index (χ2n) is 7.00. The summed E-state index contributed by atoms with van der Waals surface area (Å²) in [5.74, 6) is 1.75. The van der Waals surface area contributed by atoms with Crippen molar-refractivity contribution in [3.8, 4) is 5.75 Å². The van der Waals surface area contributed by atoms with E-state index in [1.807, 2.05) is 64.1 Å². The fraction of sp³-hybridized carbons (Fsp3) is 0.364. The Hall–Kier alpha value is -2.82. The van der Waals surface area contributed by atoms with E-state index in [9.17, 15) is 4.79 Å². The molecule has 2 heterocycles. The molecular formula is C22H25N3O2. The monoisotopic (exact) mass is 363 g/mol. The third kappa shape index (κ3) is 4.13. The molecule has 1 amide bonds. The first-order valence-corrected chi connectivity index (χ1v) is 9.71. The maximum atomic E-state index is 12.9. The molecule has 1 aliphatic heterocycles. The van der Waals surface area contributed by atoms with Crippen molar-refractivity contribution in [3.63, 3.8) is 0 Å². The average Bonchev–Trinajstić information content (AvgIpc) is 2.87. The maximum Gasteiger partial charge on any atom is 0.242 e. The van der Waals surface area contributed by atoms with Crippen LogP contribution in [0.1, 0.15) is 31.5 Å². The molecule has 1 aromatic heterocycles. The van der Waals surface area contributed by atoms with Crippen LogP contribution in [0.2, 0.25) is 0 Å². The van der Waals surface area contributed by atoms with Crippen molar-refractivity contribution < 1.29 is 9.53 Å². The van der Waals surface area contributed by atoms with Gasteiger partial charge in [-0.1, -0.05) is 43.2 Å². The molecule has 1 fully saturated rings. The Balaban J connectivity index is 1.57. The Kier molecular flexibility index (Phi) is 5.37. The molecule has 140 valence electrons. The molecule has 2 aromatic carbocycles. The SMILES string of the molecule is O=C(Cn1c(COc2ccccc2)nc2ccccc21)N1CCCCCC1. The van der Waals surface area contributed by atoms with Gasteiger partial charge >= 0.3 is 0 Å². The number of likely N-dealkylation sites (tertiary alicyclic amines) is 1. The lowest BCUT2D eigenvalue weighted by Gasteiger charge is -2.21. The number of imidazole rings is 1. The topological polar surface area (TPSA) is 47.4 Å². The van der Waals surface area contributed by atoms with Crippen LogP contribution in [-0.2, 0) is 17.9 Å². The first-order chi connectivity index (χ1) is 13.3. The summed E-state index contributed by atoms with van der Waals surface area (Å²) < 4.78 is 7.91. The molecule has 0 spiro atoms. The van der Waals surface area contributed by atoms with Gasteiger partial charge < -0.3 is 14.2 Å². The van der Waals surface area contributed by atoms with Crippen LogP contribution in [0.3, 0.4) is 0 Å². The van der Waals surface area contributed by atoms with E-state index in [2.05, 4.69) is 0 Å². The van der Waals surface area contributed by atoms with E-state index in [4.69, 9.17) is 9.72 Å². The van der Waals surface area contributed by atoms with Crippen molar-refractivity contribution in [2.75, 3.05) is 13.1 Å². The number of fused-ring (bicyclic) bond motifs is 1. The highest BCUT2D eigenvalue weighted by Crippen LogP contribution is 2.19. The molecule has 0 atom stereocenters. The number of nitrogens with zero attached hydrogens (tertiary/aromatic N) is 3. The van der Waals surface area contributed by atoms with Gasteiger partial charge in [0, 0.05) is 13.1 Å². The Morgan fingerprint density at radius 3 is 2.41 bits per heavy atom. The zero-order chi connectivity index (χ0) is 18.5. The van der Waals surface area contributed by atoms with E-state index >= 15 is 0 Å². The quantitative estimate of drug-likeness (QED) is 0.688. The van der Waals surface area contributed by atoms with Crippen molar-refractivity contribution in [3.05, 3.63) is 60.4 Å². The van der Waals surface area contributed by atoms with E-state index < -0.39 is 0 Å². The molecular weight excluding hydrogens is 338 g/mol. The second kappa shape index (κ2) is 8.25. The zero-order valence-electron chi connectivity index (χ0n) is 15.5. The third-order valence-corrected chi connectivity index (χ3v) is 5.10. The molecule has 5 nitrogen and oxygen atoms in total. The van der Waals surface area contributed by atoms with Crippen LogP contribution in [-0.4, -0.2) is 33.4 Å². The highest BCUT2D eigenvalue weighted by atomic mass is 16.5. The predicted octanol–water partition coefficient (Wildman–Crippen LogP) is 4.02. The van der Waals surface area contributed by atoms with Gasteiger partial charge in [-0.05, 0) is 37.1 Å². The minimum absolute atomic E-state index is 0.168. The molecule has 0 radical (unpaired) electrons. The minimum atomic E-state index is 0.168. The standard InChI is InChI=1S/C22H25N3O2/c26-22(24-14-8-1-2-9-15-24)16-25-20-13-7-6-12-19(20)23-21(25)17-27-18-10-4-3-5-11-18/h3-7,10-13H,1-2,8-9,14-17H2. The molecule has 27 heavy (non-hydrogen) atoms. The highest BCUT2D eigenvalue weighted by Gasteiger charge is 2.19. The van der Waals surface area contributed by atoms with Crippen molar-refractivity contribution >= 4 is 16.9 Å². The first kappa shape index (κ1) is 17.6. The number of rotatable bonds is 5. The van der Waals surface area contributed by atoms with Crippen LogP contribution in [0.25, 0.3) is 11.0 Å². The number of ether oxygens (including phenoxy) is 1. The van der Waals surface area contributed by atoms with Gasteiger partial charge in [0.15, 0.2) is 0 Å². The minimum Gasteiger partial charge on any atom is -0.486 e. The van der Waals surface area contributed by atoms with E-state index in [0.29, 0.717) is 13.2 Å². The number of hydrogen-bond acceptors (Lipinski definition) is 3. The Bertz CT molecular complexity index is 896. The number of hydrogen-bond donors (Lipinski definition) is 0. The van der Waals surface area contributed by atoms with Crippen molar-refractivity contribution in [1.82, 2.24) is 14.5 Å². The van der Waals surface area contributed by atoms with Gasteiger partial charge in [-0.25, -0.2) is 4.98 Å². The van der Waals surface area contributed by atoms with Gasteiger partial charge in [-0.3, -0.25) is 4.79 Å². The van der Waals surface area contributed by atoms with Crippen LogP contribution in [0, 0.1) is 0 Å². The van der Waals surface area contributed by atoms with E-state index in [0.717, 1.165) is 48.5 Å². The lowest BCUT2D eigenvalue weighted by molar-refractivity contribution is -0.131. The van der Waals surface area contributed by atoms with Crippen LogP contribution >= 0.6 is 0 Å². The summed E-state index contributed by atoms with van der Waals surface area (Å²) in [4.78, 5) is 19.6. The summed E-state index contributed by atoms with van der Waals surface area (Å²) in [6, 6.07) is 17.7. The molecule has 1 aliphatic rings. The summed E-state index contributed by atoms with van der Waals surface area (Å²) in [7, 11) is 0. The van der Waals surface area contributed by atoms with Gasteiger partial charge in [0.1, 0.15) is 24.7 Å². The van der Waals surface area contributed by atoms with Crippen LogP contribution in [0.15, 0.2) is 54.6 Å². The molecule has 1 saturated heterocycles. The maximum absolute atomic E-state index is 12.9. The van der Waals surface area contributed by atoms with Crippen molar-refractivity contribution in [1.29, 1.82) is 0 Å². The lowest BCUT2D eigenvalue weighted by atomic mass is 10.2. The average molecular weight is 363 g/mol. The van der Waals surface area contributed by atoms with Gasteiger partial charge in [0.05, 0.1) is 11.0 Å². The Morgan fingerprint density at radius 1 is 0.926 bits per heavy atom. The van der Waals surface area contributed by atoms with Crippen LogP contribution < -0.4 is 4.74 Å². The highest BCUT2D eigenvalue weighted by molar-refractivity contribution is 5.81. The molecule has 3 aromatic rings. The number of carbonyl (C=O) groups is 1. The summed E-state index contributed by atoms with van der Waals surface area (Å²) in [5, 5.41) is 0. The number of amides is 1. The number of aromatic nitrogens is 2. The number of carbonyl (C=O) groups excluding carboxylic acids is 1. The molecule has 0 bridgehead atoms. The third-order valence-electron chi connectivity index (χ3n) is 5.10. The number of para-hydroxylation sites is 3. The summed E-state index contributed by atoms with van der Waals surface area (Å²) in [5.41, 5.74) is 1.88. The lowest BCUT2D eigenvalue weighted by Crippen LogP contribution is -2.35. The summed E-state index contributed by atoms with van der Waals surface area (Å²) >= 11 is 0. The van der Waals surface area contributed by atoms with Gasteiger partial charge in [0.2, 0.25) is 5.91 Å². The molecule has 0 saturated carbocycles. The largest absolute Gasteiger partial charge is 0.486 e. The van der Waals surface area contributed by atoms with Crippen molar-refractivity contribution in [2.24, 2.45) is 0 Å². The Morgan fingerprint density at radius 2 is 1.63 bits per heavy atom. The first-order valence-electron chi connectivity index (χ1n) is 9.71. The molecule has 4 rings (SSSR count). The van der Waals surface area contributed by atoms with Crippen LogP contribution in [0.5, 0.6) is 5.75 Å². The smallest absolute Gasteiger partial charge is 0.242 e. The predicted molar refractivity (Wildman–Crippen MR) is 106 cm³/mol. The number of benzene rings is 2. The van der Waals surface area contributed by atoms with Gasteiger partial charge in [-0.2, -0.15) is 0 Å². The van der Waals surface area contributed by atoms with E-state index in [-0.39, 0.29) is 5.91 Å². The normalized spacial score (nSPS) is 14.9. The Labute approximate surface area is 159 Å². The fourth-order valence-electron chi connectivity index (χ4n) is 3.63. The van der Waals surface area contributed by atoms with Crippen LogP contribution in [0.4, 0.5) is 0 Å². The summed E-state index contributed by atoms with van der Waals surface area (Å²) in [6.07, 6.45) is 4.63. The molecule has 0 N–H and O–H groups in total. The van der Waals surface area contributed by atoms with E-state index in [1.54, 1.807) is 0 Å². The summed E-state index contributed by atoms with van der Waals surface area (Å²) in [6.45, 7) is 2.38. The fourth-order valence-corrected chi connectivity index (χ4v) is 3.63.